The Balaban J connectivity index is 3.48. The van der Waals surface area contributed by atoms with Crippen LogP contribution in [0, 0.1) is 11.3 Å². The fraction of sp³-hybridized carbons (Fsp3) is 0.895. The molecule has 2 atom stereocenters. The minimum atomic E-state index is -1.78. The van der Waals surface area contributed by atoms with Crippen molar-refractivity contribution < 1.29 is 19.1 Å². The average molecular weight is 357 g/mol. The van der Waals surface area contributed by atoms with Crippen molar-refractivity contribution in [2.45, 2.75) is 83.5 Å². The fourth-order valence-corrected chi connectivity index (χ4v) is 14.6. The van der Waals surface area contributed by atoms with E-state index in [2.05, 4.69) is 48.5 Å². The van der Waals surface area contributed by atoms with Gasteiger partial charge in [0.1, 0.15) is 0 Å². The lowest BCUT2D eigenvalue weighted by Crippen LogP contribution is -2.52. The molecule has 0 aromatic heterocycles. The van der Waals surface area contributed by atoms with Gasteiger partial charge in [0, 0.05) is 0 Å². The molecule has 0 N–H and O–H groups in total. The van der Waals surface area contributed by atoms with Gasteiger partial charge in [-0.3, -0.25) is 9.59 Å². The topological polar surface area (TPSA) is 52.6 Å². The molecule has 140 valence electrons. The maximum absolute atomic E-state index is 12.6. The first kappa shape index (κ1) is 21.2. The number of esters is 2. The molecular formula is C19H36O4Si. The Morgan fingerprint density at radius 2 is 1.29 bits per heavy atom. The molecule has 1 aliphatic rings. The molecule has 1 aliphatic carbocycles. The number of carbonyl (C=O) groups is 2. The highest BCUT2D eigenvalue weighted by atomic mass is 28.3. The Hall–Kier alpha value is -0.843. The van der Waals surface area contributed by atoms with Crippen LogP contribution in [0.4, 0.5) is 0 Å². The first-order valence-electron chi connectivity index (χ1n) is 9.21. The summed E-state index contributed by atoms with van der Waals surface area (Å²) in [7, 11) is 0.953. The maximum atomic E-state index is 12.6. The van der Waals surface area contributed by atoms with E-state index in [4.69, 9.17) is 9.47 Å². The number of hydrogen-bond acceptors (Lipinski definition) is 4. The highest BCUT2D eigenvalue weighted by Gasteiger charge is 2.64. The van der Waals surface area contributed by atoms with Gasteiger partial charge in [0.05, 0.1) is 22.3 Å². The Kier molecular flexibility index (Phi) is 6.70. The van der Waals surface area contributed by atoms with Crippen molar-refractivity contribution in [1.82, 2.24) is 0 Å². The molecule has 0 saturated heterocycles. The second-order valence-corrected chi connectivity index (χ2v) is 14.6. The number of rotatable bonds is 6. The normalized spacial score (nSPS) is 23.8. The van der Waals surface area contributed by atoms with E-state index in [-0.39, 0.29) is 5.92 Å². The van der Waals surface area contributed by atoms with Gasteiger partial charge in [-0.2, -0.15) is 0 Å². The van der Waals surface area contributed by atoms with Gasteiger partial charge in [0.2, 0.25) is 0 Å². The Morgan fingerprint density at radius 3 is 1.58 bits per heavy atom. The van der Waals surface area contributed by atoms with Crippen LogP contribution in [0.3, 0.4) is 0 Å². The summed E-state index contributed by atoms with van der Waals surface area (Å²) in [5, 5.41) is 0. The van der Waals surface area contributed by atoms with Crippen LogP contribution < -0.4 is 0 Å². The lowest BCUT2D eigenvalue weighted by atomic mass is 9.78. The maximum Gasteiger partial charge on any atom is 0.323 e. The van der Waals surface area contributed by atoms with Gasteiger partial charge in [-0.15, -0.1) is 0 Å². The zero-order valence-electron chi connectivity index (χ0n) is 16.9. The fourth-order valence-electron chi connectivity index (χ4n) is 6.20. The molecule has 0 radical (unpaired) electrons. The summed E-state index contributed by atoms with van der Waals surface area (Å²) in [6.45, 7) is 16.0. The summed E-state index contributed by atoms with van der Waals surface area (Å²) in [4.78, 5) is 25.2. The van der Waals surface area contributed by atoms with E-state index in [0.29, 0.717) is 28.6 Å². The molecule has 0 aliphatic heterocycles. The number of methoxy groups -OCH3 is 2. The average Bonchev–Trinajstić information content (AvgIpc) is 2.84. The van der Waals surface area contributed by atoms with Gasteiger partial charge in [-0.05, 0) is 17.9 Å². The van der Waals surface area contributed by atoms with Crippen LogP contribution in [0.25, 0.3) is 0 Å². The highest BCUT2D eigenvalue weighted by molar-refractivity contribution is 6.85. The first-order valence-corrected chi connectivity index (χ1v) is 11.5. The summed E-state index contributed by atoms with van der Waals surface area (Å²) < 4.78 is 10.1. The van der Waals surface area contributed by atoms with Gasteiger partial charge in [0.25, 0.3) is 0 Å². The molecule has 24 heavy (non-hydrogen) atoms. The van der Waals surface area contributed by atoms with Gasteiger partial charge in [-0.1, -0.05) is 71.5 Å². The molecule has 0 amide bonds. The van der Waals surface area contributed by atoms with Gasteiger partial charge in [-0.25, -0.2) is 0 Å². The summed E-state index contributed by atoms with van der Waals surface area (Å²) in [6, 6.07) is 0. The van der Waals surface area contributed by atoms with E-state index in [1.165, 1.54) is 14.2 Å². The zero-order chi connectivity index (χ0) is 18.9. The lowest BCUT2D eigenvalue weighted by molar-refractivity contribution is -0.171. The summed E-state index contributed by atoms with van der Waals surface area (Å²) >= 11 is 0. The van der Waals surface area contributed by atoms with E-state index in [1.54, 1.807) is 0 Å². The van der Waals surface area contributed by atoms with Crippen molar-refractivity contribution in [2.24, 2.45) is 11.3 Å². The van der Waals surface area contributed by atoms with Crippen LogP contribution in [0.15, 0.2) is 0 Å². The van der Waals surface area contributed by atoms with Crippen LogP contribution in [0.1, 0.15) is 61.3 Å². The standard InChI is InChI=1S/C19H36O4Si/c1-12(2)24(13(3)4,14(5)6)16-10-11-19(15(16)7,17(20)22-8)18(21)23-9/h12-16H,10-11H2,1-9H3/t15-,16+/m0/s1. The van der Waals surface area contributed by atoms with E-state index in [9.17, 15) is 9.59 Å². The zero-order valence-corrected chi connectivity index (χ0v) is 17.9. The second kappa shape index (κ2) is 7.59. The number of carbonyl (C=O) groups excluding carboxylic acids is 2. The van der Waals surface area contributed by atoms with Crippen LogP contribution in [-0.4, -0.2) is 34.2 Å². The quantitative estimate of drug-likeness (QED) is 0.390. The predicted octanol–water partition coefficient (Wildman–Crippen LogP) is 4.80. The third-order valence-electron chi connectivity index (χ3n) is 6.97. The Bertz CT molecular complexity index is 432. The number of hydrogen-bond donors (Lipinski definition) is 0. The molecule has 0 aromatic carbocycles. The van der Waals surface area contributed by atoms with Crippen molar-refractivity contribution >= 4 is 20.0 Å². The molecule has 0 bridgehead atoms. The monoisotopic (exact) mass is 356 g/mol. The molecule has 1 fully saturated rings. The third kappa shape index (κ3) is 2.83. The predicted molar refractivity (Wildman–Crippen MR) is 99.7 cm³/mol. The van der Waals surface area contributed by atoms with Gasteiger partial charge in [0.15, 0.2) is 5.41 Å². The van der Waals surface area contributed by atoms with Crippen LogP contribution in [0.2, 0.25) is 22.2 Å². The number of ether oxygens (including phenoxy) is 2. The summed E-state index contributed by atoms with van der Waals surface area (Å²) in [6.07, 6.45) is 1.45. The second-order valence-electron chi connectivity index (χ2n) is 8.35. The van der Waals surface area contributed by atoms with Crippen LogP contribution in [-0.2, 0) is 19.1 Å². The Morgan fingerprint density at radius 1 is 0.917 bits per heavy atom. The summed E-state index contributed by atoms with van der Waals surface area (Å²) in [5.74, 6) is -0.900. The van der Waals surface area contributed by atoms with Crippen molar-refractivity contribution in [3.05, 3.63) is 0 Å². The molecule has 5 heteroatoms. The minimum Gasteiger partial charge on any atom is -0.468 e. The summed E-state index contributed by atoms with van der Waals surface area (Å²) in [5.41, 5.74) is 1.06. The van der Waals surface area contributed by atoms with Crippen molar-refractivity contribution in [1.29, 1.82) is 0 Å². The van der Waals surface area contributed by atoms with Gasteiger partial charge >= 0.3 is 11.9 Å². The molecule has 0 heterocycles. The highest BCUT2D eigenvalue weighted by Crippen LogP contribution is 2.62. The molecule has 0 unspecified atom stereocenters. The molecule has 1 saturated carbocycles. The van der Waals surface area contributed by atoms with E-state index in [1.807, 2.05) is 0 Å². The van der Waals surface area contributed by atoms with E-state index in [0.717, 1.165) is 6.42 Å². The first-order chi connectivity index (χ1) is 11.0. The smallest absolute Gasteiger partial charge is 0.323 e. The van der Waals surface area contributed by atoms with Crippen molar-refractivity contribution in [3.63, 3.8) is 0 Å². The molecule has 1 rings (SSSR count). The van der Waals surface area contributed by atoms with Crippen LogP contribution >= 0.6 is 0 Å². The molecule has 4 nitrogen and oxygen atoms in total. The van der Waals surface area contributed by atoms with Gasteiger partial charge < -0.3 is 9.47 Å². The Labute approximate surface area is 148 Å². The third-order valence-corrected chi connectivity index (χ3v) is 15.0. The van der Waals surface area contributed by atoms with Crippen molar-refractivity contribution in [3.8, 4) is 0 Å². The molecule has 0 aromatic rings. The lowest BCUT2D eigenvalue weighted by Gasteiger charge is -2.50. The van der Waals surface area contributed by atoms with E-state index < -0.39 is 25.4 Å². The molecular weight excluding hydrogens is 320 g/mol. The molecule has 0 spiro atoms. The van der Waals surface area contributed by atoms with Crippen molar-refractivity contribution in [2.75, 3.05) is 14.2 Å². The van der Waals surface area contributed by atoms with Crippen LogP contribution in [0.5, 0.6) is 0 Å². The largest absolute Gasteiger partial charge is 0.468 e. The minimum absolute atomic E-state index is 0.0451. The van der Waals surface area contributed by atoms with E-state index >= 15 is 0 Å². The SMILES string of the molecule is COC(=O)C1(C(=O)OC)CC[C@@H]([Si](C(C)C)(C(C)C)C(C)C)[C@@H]1C.